The molecule has 138 valence electrons. The minimum absolute atomic E-state index is 0.0843. The largest absolute Gasteiger partial charge is 0.493 e. The first-order valence-corrected chi connectivity index (χ1v) is 8.35. The van der Waals surface area contributed by atoms with Gasteiger partial charge in [0.15, 0.2) is 6.17 Å². The molecule has 2 unspecified atom stereocenters. The van der Waals surface area contributed by atoms with E-state index in [2.05, 4.69) is 10.3 Å². The zero-order valence-electron chi connectivity index (χ0n) is 14.5. The number of amides is 2. The average molecular weight is 361 g/mol. The first-order chi connectivity index (χ1) is 12.4. The minimum Gasteiger partial charge on any atom is -0.493 e. The van der Waals surface area contributed by atoms with Crippen LogP contribution >= 0.6 is 0 Å². The van der Waals surface area contributed by atoms with Crippen molar-refractivity contribution in [3.8, 4) is 11.6 Å². The minimum atomic E-state index is -1.54. The summed E-state index contributed by atoms with van der Waals surface area (Å²) in [4.78, 5) is 27.3. The number of carbonyl (C=O) groups is 2. The van der Waals surface area contributed by atoms with Crippen LogP contribution in [0, 0.1) is 5.92 Å². The standard InChI is InChI=1S/C18H20FN3O4/c1-3-25-14-7-11-10(6-12(14)16(20)23)4-5-21-18(11)26-8-13-9(2)15(19)17(24)22-13/h4-7,9,13,15H,3,8H2,1-2H3,(H2,20,23)(H,22,24)/t9?,13?,15-/m0/s1. The van der Waals surface area contributed by atoms with E-state index in [0.717, 1.165) is 0 Å². The van der Waals surface area contributed by atoms with Gasteiger partial charge in [0.25, 0.3) is 11.8 Å². The number of aromatic nitrogens is 1. The van der Waals surface area contributed by atoms with Crippen LogP contribution < -0.4 is 20.5 Å². The third kappa shape index (κ3) is 3.26. The number of nitrogens with two attached hydrogens (primary N) is 1. The van der Waals surface area contributed by atoms with Gasteiger partial charge in [-0.15, -0.1) is 0 Å². The SMILES string of the molecule is CCOc1cc2c(OCC3NC(=O)[C@@H](F)C3C)nccc2cc1C(N)=O. The molecule has 1 fully saturated rings. The Morgan fingerprint density at radius 1 is 1.38 bits per heavy atom. The van der Waals surface area contributed by atoms with Gasteiger partial charge in [0.05, 0.1) is 18.2 Å². The van der Waals surface area contributed by atoms with Crippen LogP contribution in [0.4, 0.5) is 4.39 Å². The second-order valence-corrected chi connectivity index (χ2v) is 6.17. The van der Waals surface area contributed by atoms with Crippen LogP contribution in [0.25, 0.3) is 10.8 Å². The number of hydrogen-bond acceptors (Lipinski definition) is 5. The number of rotatable bonds is 6. The molecular weight excluding hydrogens is 341 g/mol. The van der Waals surface area contributed by atoms with Crippen molar-refractivity contribution in [2.75, 3.05) is 13.2 Å². The number of carbonyl (C=O) groups excluding carboxylic acids is 2. The number of hydrogen-bond donors (Lipinski definition) is 2. The van der Waals surface area contributed by atoms with Gasteiger partial charge in [-0.3, -0.25) is 9.59 Å². The van der Waals surface area contributed by atoms with Gasteiger partial charge in [0, 0.05) is 17.5 Å². The number of nitrogens with one attached hydrogen (secondary N) is 1. The van der Waals surface area contributed by atoms with Gasteiger partial charge in [0.1, 0.15) is 12.4 Å². The lowest BCUT2D eigenvalue weighted by molar-refractivity contribution is -0.123. The molecule has 1 saturated heterocycles. The Bertz CT molecular complexity index is 858. The average Bonchev–Trinajstić information content (AvgIpc) is 2.86. The number of benzene rings is 1. The zero-order chi connectivity index (χ0) is 18.8. The van der Waals surface area contributed by atoms with E-state index >= 15 is 0 Å². The first kappa shape index (κ1) is 17.9. The highest BCUT2D eigenvalue weighted by atomic mass is 19.1. The number of pyridine rings is 1. The summed E-state index contributed by atoms with van der Waals surface area (Å²) < 4.78 is 24.9. The van der Waals surface area contributed by atoms with Crippen molar-refractivity contribution in [3.05, 3.63) is 30.0 Å². The van der Waals surface area contributed by atoms with E-state index < -0.39 is 29.9 Å². The van der Waals surface area contributed by atoms with Crippen LogP contribution in [-0.4, -0.2) is 42.2 Å². The van der Waals surface area contributed by atoms with Gasteiger partial charge >= 0.3 is 0 Å². The maximum absolute atomic E-state index is 13.7. The number of nitrogens with zero attached hydrogens (tertiary/aromatic N) is 1. The van der Waals surface area contributed by atoms with E-state index in [1.807, 2.05) is 0 Å². The molecule has 0 spiro atoms. The molecule has 1 aliphatic rings. The highest BCUT2D eigenvalue weighted by molar-refractivity contribution is 6.01. The van der Waals surface area contributed by atoms with E-state index in [1.54, 1.807) is 32.0 Å². The van der Waals surface area contributed by atoms with Gasteiger partial charge in [-0.2, -0.15) is 0 Å². The van der Waals surface area contributed by atoms with Gasteiger partial charge in [-0.1, -0.05) is 6.92 Å². The molecule has 1 aromatic carbocycles. The normalized spacial score (nSPS) is 22.3. The van der Waals surface area contributed by atoms with Crippen molar-refractivity contribution in [3.63, 3.8) is 0 Å². The van der Waals surface area contributed by atoms with Crippen LogP contribution in [-0.2, 0) is 4.79 Å². The Kier molecular flexibility index (Phi) is 4.92. The molecule has 2 aromatic rings. The van der Waals surface area contributed by atoms with Crippen molar-refractivity contribution in [2.24, 2.45) is 11.7 Å². The molecule has 3 rings (SSSR count). The fraction of sp³-hybridized carbons (Fsp3) is 0.389. The van der Waals surface area contributed by atoms with Gasteiger partial charge < -0.3 is 20.5 Å². The summed E-state index contributed by atoms with van der Waals surface area (Å²) in [5.74, 6) is -1.05. The fourth-order valence-electron chi connectivity index (χ4n) is 2.96. The predicted molar refractivity (Wildman–Crippen MR) is 92.9 cm³/mol. The molecule has 0 radical (unpaired) electrons. The van der Waals surface area contributed by atoms with Crippen molar-refractivity contribution in [1.29, 1.82) is 0 Å². The van der Waals surface area contributed by atoms with Crippen LogP contribution in [0.1, 0.15) is 24.2 Å². The van der Waals surface area contributed by atoms with Crippen LogP contribution in [0.5, 0.6) is 11.6 Å². The van der Waals surface area contributed by atoms with Gasteiger partial charge in [-0.25, -0.2) is 9.37 Å². The number of fused-ring (bicyclic) bond motifs is 1. The molecule has 2 amide bonds. The summed E-state index contributed by atoms with van der Waals surface area (Å²) in [6.45, 7) is 3.90. The maximum Gasteiger partial charge on any atom is 0.255 e. The lowest BCUT2D eigenvalue weighted by Crippen LogP contribution is -2.34. The molecule has 0 saturated carbocycles. The summed E-state index contributed by atoms with van der Waals surface area (Å²) in [5.41, 5.74) is 5.69. The lowest BCUT2D eigenvalue weighted by atomic mass is 10.0. The molecule has 26 heavy (non-hydrogen) atoms. The highest BCUT2D eigenvalue weighted by Crippen LogP contribution is 2.31. The van der Waals surface area contributed by atoms with Crippen molar-refractivity contribution in [1.82, 2.24) is 10.3 Å². The zero-order valence-corrected chi connectivity index (χ0v) is 14.5. The Hall–Kier alpha value is -2.90. The maximum atomic E-state index is 13.7. The molecule has 0 aliphatic carbocycles. The second kappa shape index (κ2) is 7.15. The molecule has 8 heteroatoms. The molecule has 0 bridgehead atoms. The van der Waals surface area contributed by atoms with Gasteiger partial charge in [0.2, 0.25) is 5.88 Å². The first-order valence-electron chi connectivity index (χ1n) is 8.35. The Balaban J connectivity index is 1.90. The summed E-state index contributed by atoms with van der Waals surface area (Å²) in [5, 5.41) is 3.92. The third-order valence-electron chi connectivity index (χ3n) is 4.47. The smallest absolute Gasteiger partial charge is 0.255 e. The number of ether oxygens (including phenoxy) is 2. The number of halogens is 1. The predicted octanol–water partition coefficient (Wildman–Crippen LogP) is 1.58. The quantitative estimate of drug-likeness (QED) is 0.813. The van der Waals surface area contributed by atoms with Crippen LogP contribution in [0.3, 0.4) is 0 Å². The monoisotopic (exact) mass is 361 g/mol. The van der Waals surface area contributed by atoms with E-state index in [4.69, 9.17) is 15.2 Å². The fourth-order valence-corrected chi connectivity index (χ4v) is 2.96. The lowest BCUT2D eigenvalue weighted by Gasteiger charge is -2.17. The van der Waals surface area contributed by atoms with Gasteiger partial charge in [-0.05, 0) is 30.5 Å². The van der Waals surface area contributed by atoms with E-state index in [0.29, 0.717) is 29.0 Å². The summed E-state index contributed by atoms with van der Waals surface area (Å²) in [7, 11) is 0. The van der Waals surface area contributed by atoms with E-state index in [1.165, 1.54) is 6.20 Å². The molecule has 7 nitrogen and oxygen atoms in total. The van der Waals surface area contributed by atoms with Crippen molar-refractivity contribution < 1.29 is 23.5 Å². The molecule has 1 aromatic heterocycles. The summed E-state index contributed by atoms with van der Waals surface area (Å²) >= 11 is 0. The summed E-state index contributed by atoms with van der Waals surface area (Å²) in [6.07, 6.45) is 0.00369. The molecule has 2 heterocycles. The topological polar surface area (TPSA) is 104 Å². The second-order valence-electron chi connectivity index (χ2n) is 6.17. The van der Waals surface area contributed by atoms with Crippen LogP contribution in [0.15, 0.2) is 24.4 Å². The molecule has 1 aliphatic heterocycles. The molecule has 3 atom stereocenters. The summed E-state index contributed by atoms with van der Waals surface area (Å²) in [6, 6.07) is 4.55. The Labute approximate surface area is 149 Å². The van der Waals surface area contributed by atoms with Crippen LogP contribution in [0.2, 0.25) is 0 Å². The Morgan fingerprint density at radius 2 is 2.15 bits per heavy atom. The Morgan fingerprint density at radius 3 is 2.77 bits per heavy atom. The number of alkyl halides is 1. The van der Waals surface area contributed by atoms with E-state index in [-0.39, 0.29) is 12.2 Å². The molecule has 3 N–H and O–H groups in total. The number of primary amides is 1. The third-order valence-corrected chi connectivity index (χ3v) is 4.47. The van der Waals surface area contributed by atoms with Crippen molar-refractivity contribution in [2.45, 2.75) is 26.1 Å². The van der Waals surface area contributed by atoms with Crippen molar-refractivity contribution >= 4 is 22.6 Å². The highest BCUT2D eigenvalue weighted by Gasteiger charge is 2.40. The van der Waals surface area contributed by atoms with E-state index in [9.17, 15) is 14.0 Å². The molecular formula is C18H20FN3O4.